The average molecular weight is 293 g/mol. The Morgan fingerprint density at radius 3 is 2.63 bits per heavy atom. The van der Waals surface area contributed by atoms with E-state index in [2.05, 4.69) is 0 Å². The molecule has 0 spiro atoms. The van der Waals surface area contributed by atoms with Gasteiger partial charge in [0.15, 0.2) is 0 Å². The first kappa shape index (κ1) is 13.8. The van der Waals surface area contributed by atoms with Crippen LogP contribution in [0.25, 0.3) is 0 Å². The molecule has 0 radical (unpaired) electrons. The maximum Gasteiger partial charge on any atom is 0.248 e. The molecule has 0 unspecified atom stereocenters. The van der Waals surface area contributed by atoms with Crippen LogP contribution < -0.4 is 11.5 Å². The molecule has 0 aliphatic carbocycles. The van der Waals surface area contributed by atoms with E-state index < -0.39 is 5.91 Å². The third-order valence-electron chi connectivity index (χ3n) is 2.62. The van der Waals surface area contributed by atoms with Crippen LogP contribution in [0.15, 0.2) is 47.4 Å². The fraction of sp³-hybridized carbons (Fsp3) is 0.0714. The lowest BCUT2D eigenvalue weighted by Gasteiger charge is -2.07. The maximum absolute atomic E-state index is 11.0. The number of nitrogens with two attached hydrogens (primary N) is 2. The van der Waals surface area contributed by atoms with E-state index in [1.54, 1.807) is 23.9 Å². The highest BCUT2D eigenvalue weighted by Gasteiger charge is 2.05. The van der Waals surface area contributed by atoms with E-state index in [1.807, 2.05) is 30.3 Å². The number of thioether (sulfide) groups is 1. The molecule has 0 heterocycles. The first-order valence-corrected chi connectivity index (χ1v) is 6.99. The standard InChI is InChI=1S/C14H13ClN2OS/c15-11-2-1-3-12(7-11)19-8-10-5-4-9(14(17)18)6-13(10)16/h1-7H,8,16H2,(H2,17,18). The number of anilines is 1. The van der Waals surface area contributed by atoms with Gasteiger partial charge in [-0.05, 0) is 35.9 Å². The fourth-order valence-corrected chi connectivity index (χ4v) is 2.82. The van der Waals surface area contributed by atoms with Crippen LogP contribution in [-0.2, 0) is 5.75 Å². The molecule has 1 amide bonds. The normalized spacial score (nSPS) is 10.4. The molecule has 2 aromatic rings. The zero-order valence-corrected chi connectivity index (χ0v) is 11.7. The van der Waals surface area contributed by atoms with Crippen molar-refractivity contribution in [1.29, 1.82) is 0 Å². The van der Waals surface area contributed by atoms with Crippen molar-refractivity contribution < 1.29 is 4.79 Å². The number of halogens is 1. The van der Waals surface area contributed by atoms with E-state index in [0.717, 1.165) is 10.5 Å². The van der Waals surface area contributed by atoms with Crippen molar-refractivity contribution in [3.8, 4) is 0 Å². The number of rotatable bonds is 4. The van der Waals surface area contributed by atoms with Gasteiger partial charge >= 0.3 is 0 Å². The Hall–Kier alpha value is -1.65. The van der Waals surface area contributed by atoms with E-state index >= 15 is 0 Å². The van der Waals surface area contributed by atoms with Crippen molar-refractivity contribution in [2.24, 2.45) is 5.73 Å². The lowest BCUT2D eigenvalue weighted by Crippen LogP contribution is -2.11. The monoisotopic (exact) mass is 292 g/mol. The topological polar surface area (TPSA) is 69.1 Å². The zero-order chi connectivity index (χ0) is 13.8. The number of primary amides is 1. The second-order valence-corrected chi connectivity index (χ2v) is 5.51. The van der Waals surface area contributed by atoms with Crippen LogP contribution in [-0.4, -0.2) is 5.91 Å². The molecule has 98 valence electrons. The van der Waals surface area contributed by atoms with E-state index in [0.29, 0.717) is 22.0 Å². The molecule has 0 aromatic heterocycles. The van der Waals surface area contributed by atoms with Crippen molar-refractivity contribution in [2.45, 2.75) is 10.6 Å². The molecule has 4 N–H and O–H groups in total. The number of amides is 1. The molecule has 5 heteroatoms. The molecule has 0 bridgehead atoms. The number of nitrogen functional groups attached to an aromatic ring is 1. The van der Waals surface area contributed by atoms with Crippen molar-refractivity contribution in [1.82, 2.24) is 0 Å². The zero-order valence-electron chi connectivity index (χ0n) is 10.1. The predicted octanol–water partition coefficient (Wildman–Crippen LogP) is 3.31. The van der Waals surface area contributed by atoms with Gasteiger partial charge in [-0.3, -0.25) is 4.79 Å². The van der Waals surface area contributed by atoms with Gasteiger partial charge < -0.3 is 11.5 Å². The minimum Gasteiger partial charge on any atom is -0.398 e. The molecule has 0 saturated carbocycles. The minimum atomic E-state index is -0.472. The quantitative estimate of drug-likeness (QED) is 0.671. The van der Waals surface area contributed by atoms with Gasteiger partial charge in [-0.2, -0.15) is 0 Å². The van der Waals surface area contributed by atoms with Gasteiger partial charge in [0.1, 0.15) is 0 Å². The summed E-state index contributed by atoms with van der Waals surface area (Å²) in [6, 6.07) is 12.8. The SMILES string of the molecule is NC(=O)c1ccc(CSc2cccc(Cl)c2)c(N)c1. The second-order valence-electron chi connectivity index (χ2n) is 4.02. The average Bonchev–Trinajstić information content (AvgIpc) is 2.37. The van der Waals surface area contributed by atoms with Crippen molar-refractivity contribution in [2.75, 3.05) is 5.73 Å². The van der Waals surface area contributed by atoms with Gasteiger partial charge in [0.2, 0.25) is 5.91 Å². The first-order valence-electron chi connectivity index (χ1n) is 5.63. The molecule has 0 atom stereocenters. The Balaban J connectivity index is 2.10. The van der Waals surface area contributed by atoms with Crippen LogP contribution in [0, 0.1) is 0 Å². The van der Waals surface area contributed by atoms with Crippen LogP contribution in [0.4, 0.5) is 5.69 Å². The first-order chi connectivity index (χ1) is 9.06. The lowest BCUT2D eigenvalue weighted by molar-refractivity contribution is 0.100. The molecule has 0 aliphatic rings. The Morgan fingerprint density at radius 1 is 1.21 bits per heavy atom. The van der Waals surface area contributed by atoms with E-state index in [4.69, 9.17) is 23.1 Å². The largest absolute Gasteiger partial charge is 0.398 e. The van der Waals surface area contributed by atoms with Gasteiger partial charge in [0.25, 0.3) is 0 Å². The van der Waals surface area contributed by atoms with E-state index in [1.165, 1.54) is 0 Å². The molecule has 19 heavy (non-hydrogen) atoms. The molecule has 0 fully saturated rings. The molecule has 0 saturated heterocycles. The highest BCUT2D eigenvalue weighted by Crippen LogP contribution is 2.27. The van der Waals surface area contributed by atoms with Gasteiger partial charge in [-0.15, -0.1) is 11.8 Å². The predicted molar refractivity (Wildman–Crippen MR) is 80.4 cm³/mol. The minimum absolute atomic E-state index is 0.425. The van der Waals surface area contributed by atoms with Crippen LogP contribution in [0.2, 0.25) is 5.02 Å². The summed E-state index contributed by atoms with van der Waals surface area (Å²) in [5, 5.41) is 0.710. The summed E-state index contributed by atoms with van der Waals surface area (Å²) in [5.74, 6) is 0.242. The number of carbonyl (C=O) groups is 1. The molecular weight excluding hydrogens is 280 g/mol. The van der Waals surface area contributed by atoms with Gasteiger partial charge in [0, 0.05) is 26.9 Å². The molecule has 2 rings (SSSR count). The van der Waals surface area contributed by atoms with Gasteiger partial charge in [-0.25, -0.2) is 0 Å². The Kier molecular flexibility index (Phi) is 4.35. The highest BCUT2D eigenvalue weighted by molar-refractivity contribution is 7.98. The lowest BCUT2D eigenvalue weighted by atomic mass is 10.1. The Labute approximate surface area is 120 Å². The number of hydrogen-bond acceptors (Lipinski definition) is 3. The second kappa shape index (κ2) is 5.99. The van der Waals surface area contributed by atoms with E-state index in [-0.39, 0.29) is 0 Å². The van der Waals surface area contributed by atoms with Crippen LogP contribution in [0.1, 0.15) is 15.9 Å². The van der Waals surface area contributed by atoms with Crippen LogP contribution >= 0.6 is 23.4 Å². The molecule has 2 aromatic carbocycles. The summed E-state index contributed by atoms with van der Waals surface area (Å²) >= 11 is 7.56. The number of carbonyl (C=O) groups excluding carboxylic acids is 1. The third kappa shape index (κ3) is 3.66. The molecule has 3 nitrogen and oxygen atoms in total. The number of hydrogen-bond donors (Lipinski definition) is 2. The Morgan fingerprint density at radius 2 is 2.00 bits per heavy atom. The van der Waals surface area contributed by atoms with Crippen molar-refractivity contribution in [3.05, 3.63) is 58.6 Å². The smallest absolute Gasteiger partial charge is 0.248 e. The summed E-state index contributed by atoms with van der Waals surface area (Å²) in [4.78, 5) is 12.1. The van der Waals surface area contributed by atoms with Crippen molar-refractivity contribution in [3.63, 3.8) is 0 Å². The third-order valence-corrected chi connectivity index (χ3v) is 3.90. The van der Waals surface area contributed by atoms with E-state index in [9.17, 15) is 4.79 Å². The van der Waals surface area contributed by atoms with Crippen molar-refractivity contribution >= 4 is 35.0 Å². The summed E-state index contributed by atoms with van der Waals surface area (Å²) in [6.45, 7) is 0. The summed E-state index contributed by atoms with van der Waals surface area (Å²) < 4.78 is 0. The maximum atomic E-state index is 11.0. The summed E-state index contributed by atoms with van der Waals surface area (Å²) in [5.41, 5.74) is 13.1. The van der Waals surface area contributed by atoms with Crippen LogP contribution in [0.3, 0.4) is 0 Å². The van der Waals surface area contributed by atoms with Gasteiger partial charge in [0.05, 0.1) is 0 Å². The van der Waals surface area contributed by atoms with Gasteiger partial charge in [-0.1, -0.05) is 23.7 Å². The van der Waals surface area contributed by atoms with Crippen LogP contribution in [0.5, 0.6) is 0 Å². The highest BCUT2D eigenvalue weighted by atomic mass is 35.5. The molecule has 0 aliphatic heterocycles. The Bertz CT molecular complexity index is 616. The fourth-order valence-electron chi connectivity index (χ4n) is 1.60. The summed E-state index contributed by atoms with van der Waals surface area (Å²) in [7, 11) is 0. The molecular formula is C14H13ClN2OS. The number of benzene rings is 2. The summed E-state index contributed by atoms with van der Waals surface area (Å²) in [6.07, 6.45) is 0.